The summed E-state index contributed by atoms with van der Waals surface area (Å²) < 4.78 is 27.0. The van der Waals surface area contributed by atoms with Crippen molar-refractivity contribution in [1.29, 1.82) is 0 Å². The first-order valence-electron chi connectivity index (χ1n) is 6.48. The van der Waals surface area contributed by atoms with E-state index in [4.69, 9.17) is 5.84 Å². The SMILES string of the molecule is CC1(C)CCCN1S(=O)(=O)c1cc([N+](=O)[O-])ccc1NN. The van der Waals surface area contributed by atoms with Gasteiger partial charge in [-0.2, -0.15) is 4.31 Å². The molecule has 0 saturated carbocycles. The van der Waals surface area contributed by atoms with Gasteiger partial charge in [0, 0.05) is 24.2 Å². The lowest BCUT2D eigenvalue weighted by Crippen LogP contribution is -2.42. The maximum atomic E-state index is 12.8. The Hall–Kier alpha value is -1.71. The predicted octanol–water partition coefficient (Wildman–Crippen LogP) is 1.44. The van der Waals surface area contributed by atoms with Gasteiger partial charge in [0.05, 0.1) is 10.6 Å². The number of hydrogen-bond donors (Lipinski definition) is 2. The molecular formula is C12H18N4O4S. The van der Waals surface area contributed by atoms with E-state index >= 15 is 0 Å². The van der Waals surface area contributed by atoms with Crippen LogP contribution in [0, 0.1) is 10.1 Å². The largest absolute Gasteiger partial charge is 0.323 e. The molecule has 8 nitrogen and oxygen atoms in total. The monoisotopic (exact) mass is 314 g/mol. The molecule has 1 fully saturated rings. The number of nitrogens with two attached hydrogens (primary N) is 1. The summed E-state index contributed by atoms with van der Waals surface area (Å²) in [4.78, 5) is 10.1. The van der Waals surface area contributed by atoms with Crippen LogP contribution in [0.3, 0.4) is 0 Å². The highest BCUT2D eigenvalue weighted by Gasteiger charge is 2.42. The van der Waals surface area contributed by atoms with Gasteiger partial charge < -0.3 is 5.43 Å². The third kappa shape index (κ3) is 2.71. The van der Waals surface area contributed by atoms with Gasteiger partial charge in [0.2, 0.25) is 10.0 Å². The van der Waals surface area contributed by atoms with Crippen molar-refractivity contribution < 1.29 is 13.3 Å². The summed E-state index contributed by atoms with van der Waals surface area (Å²) in [6.07, 6.45) is 1.50. The quantitative estimate of drug-likeness (QED) is 0.493. The Morgan fingerprint density at radius 1 is 1.43 bits per heavy atom. The summed E-state index contributed by atoms with van der Waals surface area (Å²) in [7, 11) is -3.86. The molecule has 2 rings (SSSR count). The van der Waals surface area contributed by atoms with Gasteiger partial charge in [-0.1, -0.05) is 0 Å². The van der Waals surface area contributed by atoms with Crippen molar-refractivity contribution in [3.8, 4) is 0 Å². The number of benzene rings is 1. The van der Waals surface area contributed by atoms with Crippen molar-refractivity contribution in [3.05, 3.63) is 28.3 Å². The fraction of sp³-hybridized carbons (Fsp3) is 0.500. The Kier molecular flexibility index (Phi) is 3.91. The second-order valence-corrected chi connectivity index (χ2v) is 7.41. The van der Waals surface area contributed by atoms with Gasteiger partial charge in [-0.3, -0.25) is 16.0 Å². The number of nitro groups is 1. The molecule has 1 saturated heterocycles. The zero-order chi connectivity index (χ0) is 15.8. The lowest BCUT2D eigenvalue weighted by atomic mass is 10.0. The van der Waals surface area contributed by atoms with Crippen molar-refractivity contribution in [2.45, 2.75) is 37.1 Å². The number of nitrogens with zero attached hydrogens (tertiary/aromatic N) is 2. The molecule has 0 aromatic heterocycles. The van der Waals surface area contributed by atoms with E-state index in [9.17, 15) is 18.5 Å². The molecule has 0 atom stereocenters. The molecule has 0 spiro atoms. The number of hydrazine groups is 1. The maximum absolute atomic E-state index is 12.8. The second kappa shape index (κ2) is 5.24. The fourth-order valence-electron chi connectivity index (χ4n) is 2.60. The van der Waals surface area contributed by atoms with E-state index in [0.717, 1.165) is 18.9 Å². The van der Waals surface area contributed by atoms with Crippen molar-refractivity contribution in [1.82, 2.24) is 4.31 Å². The normalized spacial score (nSPS) is 18.6. The second-order valence-electron chi connectivity index (χ2n) is 5.58. The number of non-ortho nitro benzene ring substituents is 1. The molecule has 9 heteroatoms. The van der Waals surface area contributed by atoms with Crippen molar-refractivity contribution >= 4 is 21.4 Å². The van der Waals surface area contributed by atoms with Crippen molar-refractivity contribution in [2.75, 3.05) is 12.0 Å². The van der Waals surface area contributed by atoms with Gasteiger partial charge in [-0.15, -0.1) is 0 Å². The third-order valence-corrected chi connectivity index (χ3v) is 5.88. The van der Waals surface area contributed by atoms with Gasteiger partial charge in [0.15, 0.2) is 0 Å². The lowest BCUT2D eigenvalue weighted by molar-refractivity contribution is -0.385. The van der Waals surface area contributed by atoms with Crippen molar-refractivity contribution in [2.24, 2.45) is 5.84 Å². The van der Waals surface area contributed by atoms with Gasteiger partial charge in [-0.25, -0.2) is 8.42 Å². The lowest BCUT2D eigenvalue weighted by Gasteiger charge is -2.31. The van der Waals surface area contributed by atoms with E-state index in [2.05, 4.69) is 5.43 Å². The molecule has 1 aromatic rings. The van der Waals surface area contributed by atoms with Crippen molar-refractivity contribution in [3.63, 3.8) is 0 Å². The van der Waals surface area contributed by atoms with Crippen LogP contribution in [0.25, 0.3) is 0 Å². The number of nitrogen functional groups attached to an aromatic ring is 1. The average molecular weight is 314 g/mol. The summed E-state index contributed by atoms with van der Waals surface area (Å²) in [5.74, 6) is 5.34. The maximum Gasteiger partial charge on any atom is 0.270 e. The van der Waals surface area contributed by atoms with E-state index in [0.29, 0.717) is 6.54 Å². The Morgan fingerprint density at radius 2 is 2.10 bits per heavy atom. The highest BCUT2D eigenvalue weighted by molar-refractivity contribution is 7.89. The molecule has 1 heterocycles. The average Bonchev–Trinajstić information content (AvgIpc) is 2.78. The number of nitrogens with one attached hydrogen (secondary N) is 1. The van der Waals surface area contributed by atoms with E-state index in [1.54, 1.807) is 0 Å². The van der Waals surface area contributed by atoms with Crippen LogP contribution in [0.4, 0.5) is 11.4 Å². The molecular weight excluding hydrogens is 296 g/mol. The molecule has 0 amide bonds. The molecule has 3 N–H and O–H groups in total. The van der Waals surface area contributed by atoms with Gasteiger partial charge in [-0.05, 0) is 32.8 Å². The topological polar surface area (TPSA) is 119 Å². The Labute approximate surface area is 123 Å². The van der Waals surface area contributed by atoms with E-state index in [1.807, 2.05) is 13.8 Å². The number of anilines is 1. The van der Waals surface area contributed by atoms with Crippen LogP contribution in [0.5, 0.6) is 0 Å². The van der Waals surface area contributed by atoms with Crippen LogP contribution in [-0.4, -0.2) is 29.7 Å². The van der Waals surface area contributed by atoms with Gasteiger partial charge in [0.1, 0.15) is 4.90 Å². The highest BCUT2D eigenvalue weighted by Crippen LogP contribution is 2.37. The summed E-state index contributed by atoms with van der Waals surface area (Å²) in [6, 6.07) is 3.55. The molecule has 1 aliphatic heterocycles. The van der Waals surface area contributed by atoms with E-state index in [-0.39, 0.29) is 16.3 Å². The minimum absolute atomic E-state index is 0.142. The zero-order valence-corrected chi connectivity index (χ0v) is 12.7. The number of sulfonamides is 1. The summed E-state index contributed by atoms with van der Waals surface area (Å²) in [6.45, 7) is 4.07. The van der Waals surface area contributed by atoms with Crippen LogP contribution >= 0.6 is 0 Å². The molecule has 0 aliphatic carbocycles. The van der Waals surface area contributed by atoms with E-state index < -0.39 is 20.5 Å². The van der Waals surface area contributed by atoms with Crippen LogP contribution in [0.1, 0.15) is 26.7 Å². The number of nitro benzene ring substituents is 1. The molecule has 1 aliphatic rings. The zero-order valence-electron chi connectivity index (χ0n) is 11.9. The minimum atomic E-state index is -3.86. The Morgan fingerprint density at radius 3 is 2.57 bits per heavy atom. The summed E-state index contributed by atoms with van der Waals surface area (Å²) in [5, 5.41) is 10.9. The first kappa shape index (κ1) is 15.7. The molecule has 0 unspecified atom stereocenters. The van der Waals surface area contributed by atoms with Crippen LogP contribution in [0.2, 0.25) is 0 Å². The van der Waals surface area contributed by atoms with Gasteiger partial charge in [0.25, 0.3) is 5.69 Å². The van der Waals surface area contributed by atoms with Crippen LogP contribution < -0.4 is 11.3 Å². The van der Waals surface area contributed by atoms with E-state index in [1.165, 1.54) is 16.4 Å². The summed E-state index contributed by atoms with van der Waals surface area (Å²) in [5.41, 5.74) is 1.63. The molecule has 0 bridgehead atoms. The molecule has 116 valence electrons. The summed E-state index contributed by atoms with van der Waals surface area (Å²) >= 11 is 0. The highest BCUT2D eigenvalue weighted by atomic mass is 32.2. The molecule has 0 radical (unpaired) electrons. The van der Waals surface area contributed by atoms with Crippen LogP contribution in [-0.2, 0) is 10.0 Å². The minimum Gasteiger partial charge on any atom is -0.323 e. The van der Waals surface area contributed by atoms with Crippen LogP contribution in [0.15, 0.2) is 23.1 Å². The molecule has 21 heavy (non-hydrogen) atoms. The fourth-order valence-corrected chi connectivity index (χ4v) is 4.63. The molecule has 1 aromatic carbocycles. The number of rotatable bonds is 4. The first-order valence-corrected chi connectivity index (χ1v) is 7.92. The first-order chi connectivity index (χ1) is 9.70. The Balaban J connectivity index is 2.58. The standard InChI is InChI=1S/C12H18N4O4S/c1-12(2)6-3-7-15(12)21(19,20)11-8-9(16(17)18)4-5-10(11)14-13/h4-5,8,14H,3,6-7,13H2,1-2H3. The predicted molar refractivity (Wildman–Crippen MR) is 78.1 cm³/mol. The van der Waals surface area contributed by atoms with Gasteiger partial charge >= 0.3 is 0 Å². The third-order valence-electron chi connectivity index (χ3n) is 3.72. The Bertz CT molecular complexity index is 672. The smallest absolute Gasteiger partial charge is 0.270 e. The number of hydrogen-bond acceptors (Lipinski definition) is 6.